The van der Waals surface area contributed by atoms with Gasteiger partial charge in [0.15, 0.2) is 6.29 Å². The number of hydrazine groups is 1. The normalized spacial score (nSPS) is 13.5. The smallest absolute Gasteiger partial charge is 0.179 e. The summed E-state index contributed by atoms with van der Waals surface area (Å²) in [5, 5.41) is 4.21. The minimum Gasteiger partial charge on any atom is -0.354 e. The molecule has 1 aromatic rings. The number of aryl methyl sites for hydroxylation is 1. The zero-order valence-electron chi connectivity index (χ0n) is 8.60. The van der Waals surface area contributed by atoms with Gasteiger partial charge in [0.05, 0.1) is 5.69 Å². The molecule has 0 fully saturated rings. The highest BCUT2D eigenvalue weighted by molar-refractivity contribution is 5.06. The number of ether oxygens (including phenoxy) is 2. The Labute approximate surface area is 83.0 Å². The first kappa shape index (κ1) is 11.1. The monoisotopic (exact) mass is 200 g/mol. The standard InChI is InChI=1S/C8H16N4O2/c1-12-5-4-6(11-12)7(10-9)8(13-2)14-3/h4-5,7-8,10H,9H2,1-3H3. The Morgan fingerprint density at radius 3 is 2.50 bits per heavy atom. The number of aromatic nitrogens is 2. The molecule has 0 radical (unpaired) electrons. The molecule has 0 aliphatic heterocycles. The molecular weight excluding hydrogens is 184 g/mol. The fourth-order valence-electron chi connectivity index (χ4n) is 1.27. The van der Waals surface area contributed by atoms with Crippen LogP contribution in [-0.2, 0) is 16.5 Å². The summed E-state index contributed by atoms with van der Waals surface area (Å²) in [6, 6.07) is 1.58. The van der Waals surface area contributed by atoms with Crippen LogP contribution in [0.4, 0.5) is 0 Å². The molecule has 0 bridgehead atoms. The van der Waals surface area contributed by atoms with Crippen molar-refractivity contribution in [1.29, 1.82) is 0 Å². The molecule has 0 spiro atoms. The highest BCUT2D eigenvalue weighted by Gasteiger charge is 2.23. The Bertz CT molecular complexity index is 272. The van der Waals surface area contributed by atoms with E-state index in [0.717, 1.165) is 5.69 Å². The Balaban J connectivity index is 2.80. The molecule has 0 aromatic carbocycles. The lowest BCUT2D eigenvalue weighted by Gasteiger charge is -2.22. The van der Waals surface area contributed by atoms with Crippen LogP contribution in [0.2, 0.25) is 0 Å². The lowest BCUT2D eigenvalue weighted by molar-refractivity contribution is -0.125. The number of nitrogens with one attached hydrogen (secondary N) is 1. The molecule has 0 amide bonds. The zero-order chi connectivity index (χ0) is 10.6. The molecule has 80 valence electrons. The zero-order valence-corrected chi connectivity index (χ0v) is 8.60. The van der Waals surface area contributed by atoms with Gasteiger partial charge in [0.25, 0.3) is 0 Å². The molecule has 0 saturated carbocycles. The third-order valence-corrected chi connectivity index (χ3v) is 1.97. The molecular formula is C8H16N4O2. The highest BCUT2D eigenvalue weighted by atomic mass is 16.7. The van der Waals surface area contributed by atoms with Gasteiger partial charge in [0.2, 0.25) is 0 Å². The number of hydrogen-bond acceptors (Lipinski definition) is 5. The summed E-state index contributed by atoms with van der Waals surface area (Å²) in [4.78, 5) is 0. The molecule has 1 atom stereocenters. The van der Waals surface area contributed by atoms with Crippen LogP contribution in [-0.4, -0.2) is 30.3 Å². The lowest BCUT2D eigenvalue weighted by Crippen LogP contribution is -2.38. The van der Waals surface area contributed by atoms with Crippen molar-refractivity contribution in [1.82, 2.24) is 15.2 Å². The van der Waals surface area contributed by atoms with Gasteiger partial charge in [-0.15, -0.1) is 0 Å². The molecule has 1 unspecified atom stereocenters. The topological polar surface area (TPSA) is 74.3 Å². The van der Waals surface area contributed by atoms with E-state index in [1.54, 1.807) is 18.9 Å². The summed E-state index contributed by atoms with van der Waals surface area (Å²) in [5.74, 6) is 5.41. The largest absolute Gasteiger partial charge is 0.354 e. The molecule has 14 heavy (non-hydrogen) atoms. The number of methoxy groups -OCH3 is 2. The second-order valence-electron chi connectivity index (χ2n) is 2.90. The first-order chi connectivity index (χ1) is 6.72. The fraction of sp³-hybridized carbons (Fsp3) is 0.625. The van der Waals surface area contributed by atoms with Crippen LogP contribution in [0.3, 0.4) is 0 Å². The molecule has 1 heterocycles. The van der Waals surface area contributed by atoms with Crippen LogP contribution in [0, 0.1) is 0 Å². The van der Waals surface area contributed by atoms with E-state index >= 15 is 0 Å². The van der Waals surface area contributed by atoms with E-state index in [4.69, 9.17) is 15.3 Å². The van der Waals surface area contributed by atoms with Gasteiger partial charge in [-0.1, -0.05) is 0 Å². The van der Waals surface area contributed by atoms with Crippen molar-refractivity contribution in [2.24, 2.45) is 12.9 Å². The Kier molecular flexibility index (Phi) is 4.02. The van der Waals surface area contributed by atoms with Crippen LogP contribution in [0.1, 0.15) is 11.7 Å². The molecule has 6 nitrogen and oxygen atoms in total. The van der Waals surface area contributed by atoms with E-state index in [2.05, 4.69) is 10.5 Å². The average Bonchev–Trinajstić information content (AvgIpc) is 2.60. The Hall–Kier alpha value is -0.950. The molecule has 1 aromatic heterocycles. The number of rotatable bonds is 5. The van der Waals surface area contributed by atoms with Crippen LogP contribution < -0.4 is 11.3 Å². The number of nitrogens with zero attached hydrogens (tertiary/aromatic N) is 2. The van der Waals surface area contributed by atoms with Crippen molar-refractivity contribution < 1.29 is 9.47 Å². The maximum absolute atomic E-state index is 5.41. The maximum Gasteiger partial charge on any atom is 0.179 e. The summed E-state index contributed by atoms with van der Waals surface area (Å²) >= 11 is 0. The van der Waals surface area contributed by atoms with Crippen molar-refractivity contribution in [3.8, 4) is 0 Å². The van der Waals surface area contributed by atoms with E-state index in [1.165, 1.54) is 0 Å². The van der Waals surface area contributed by atoms with E-state index < -0.39 is 6.29 Å². The van der Waals surface area contributed by atoms with Crippen molar-refractivity contribution in [3.63, 3.8) is 0 Å². The Morgan fingerprint density at radius 1 is 1.50 bits per heavy atom. The van der Waals surface area contributed by atoms with Crippen LogP contribution >= 0.6 is 0 Å². The van der Waals surface area contributed by atoms with E-state index in [1.807, 2.05) is 19.3 Å². The van der Waals surface area contributed by atoms with E-state index in [-0.39, 0.29) is 6.04 Å². The maximum atomic E-state index is 5.41. The number of nitrogens with two attached hydrogens (primary N) is 1. The van der Waals surface area contributed by atoms with Crippen molar-refractivity contribution in [3.05, 3.63) is 18.0 Å². The lowest BCUT2D eigenvalue weighted by atomic mass is 10.2. The van der Waals surface area contributed by atoms with Crippen LogP contribution in [0.5, 0.6) is 0 Å². The fourth-order valence-corrected chi connectivity index (χ4v) is 1.27. The number of hydrogen-bond donors (Lipinski definition) is 2. The van der Waals surface area contributed by atoms with Gasteiger partial charge in [-0.3, -0.25) is 10.5 Å². The summed E-state index contributed by atoms with van der Waals surface area (Å²) in [6.45, 7) is 0. The second kappa shape index (κ2) is 5.06. The van der Waals surface area contributed by atoms with Crippen molar-refractivity contribution in [2.75, 3.05) is 14.2 Å². The molecule has 0 aliphatic carbocycles. The predicted octanol–water partition coefficient (Wildman–Crippen LogP) is -0.457. The van der Waals surface area contributed by atoms with Crippen LogP contribution in [0.15, 0.2) is 12.3 Å². The highest BCUT2D eigenvalue weighted by Crippen LogP contribution is 2.16. The predicted molar refractivity (Wildman–Crippen MR) is 51.1 cm³/mol. The molecule has 6 heteroatoms. The van der Waals surface area contributed by atoms with Gasteiger partial charge >= 0.3 is 0 Å². The van der Waals surface area contributed by atoms with Crippen molar-refractivity contribution in [2.45, 2.75) is 12.3 Å². The van der Waals surface area contributed by atoms with Gasteiger partial charge < -0.3 is 9.47 Å². The first-order valence-corrected chi connectivity index (χ1v) is 4.24. The quantitative estimate of drug-likeness (QED) is 0.382. The minimum absolute atomic E-state index is 0.272. The SMILES string of the molecule is COC(OC)C(NN)c1ccn(C)n1. The summed E-state index contributed by atoms with van der Waals surface area (Å²) in [6.07, 6.45) is 1.39. The average molecular weight is 200 g/mol. The van der Waals surface area contributed by atoms with Crippen molar-refractivity contribution >= 4 is 0 Å². The third-order valence-electron chi connectivity index (χ3n) is 1.97. The van der Waals surface area contributed by atoms with E-state index in [9.17, 15) is 0 Å². The van der Waals surface area contributed by atoms with Gasteiger partial charge in [-0.25, -0.2) is 5.43 Å². The third kappa shape index (κ3) is 2.30. The first-order valence-electron chi connectivity index (χ1n) is 4.24. The minimum atomic E-state index is -0.449. The summed E-state index contributed by atoms with van der Waals surface area (Å²) in [5.41, 5.74) is 3.39. The molecule has 0 saturated heterocycles. The molecule has 0 aliphatic rings. The van der Waals surface area contributed by atoms with Gasteiger partial charge in [0.1, 0.15) is 6.04 Å². The van der Waals surface area contributed by atoms with Gasteiger partial charge in [0, 0.05) is 27.5 Å². The Morgan fingerprint density at radius 2 is 2.14 bits per heavy atom. The van der Waals surface area contributed by atoms with Gasteiger partial charge in [-0.05, 0) is 6.07 Å². The summed E-state index contributed by atoms with van der Waals surface area (Å²) in [7, 11) is 4.95. The molecule has 3 N–H and O–H groups in total. The van der Waals surface area contributed by atoms with Crippen LogP contribution in [0.25, 0.3) is 0 Å². The molecule has 1 rings (SSSR count). The summed E-state index contributed by atoms with van der Waals surface area (Å²) < 4.78 is 11.9. The van der Waals surface area contributed by atoms with Gasteiger partial charge in [-0.2, -0.15) is 5.10 Å². The second-order valence-corrected chi connectivity index (χ2v) is 2.90. The van der Waals surface area contributed by atoms with E-state index in [0.29, 0.717) is 0 Å².